The first-order valence-corrected chi connectivity index (χ1v) is 4.52. The molecule has 0 radical (unpaired) electrons. The van der Waals surface area contributed by atoms with Crippen LogP contribution in [0.1, 0.15) is 19.3 Å². The summed E-state index contributed by atoms with van der Waals surface area (Å²) in [7, 11) is 0. The third-order valence-electron chi connectivity index (χ3n) is 2.60. The van der Waals surface area contributed by atoms with E-state index in [-0.39, 0.29) is 0 Å². The van der Waals surface area contributed by atoms with Crippen LogP contribution in [0.15, 0.2) is 11.6 Å². The Morgan fingerprint density at radius 2 is 2.36 bits per heavy atom. The molecule has 0 amide bonds. The Morgan fingerprint density at radius 3 is 3.00 bits per heavy atom. The predicted molar refractivity (Wildman–Crippen MR) is 46.3 cm³/mol. The molecule has 2 rings (SSSR count). The molecule has 2 heteroatoms. The van der Waals surface area contributed by atoms with Gasteiger partial charge in [-0.15, -0.1) is 0 Å². The van der Waals surface area contributed by atoms with E-state index >= 15 is 0 Å². The summed E-state index contributed by atoms with van der Waals surface area (Å²) in [5.74, 6) is 0. The van der Waals surface area contributed by atoms with Crippen molar-refractivity contribution in [2.75, 3.05) is 19.6 Å². The number of hydrogen-bond acceptors (Lipinski definition) is 2. The van der Waals surface area contributed by atoms with Gasteiger partial charge in [0, 0.05) is 25.7 Å². The van der Waals surface area contributed by atoms with Gasteiger partial charge in [-0.25, -0.2) is 0 Å². The molecule has 0 aromatic rings. The van der Waals surface area contributed by atoms with Gasteiger partial charge < -0.3 is 5.73 Å². The summed E-state index contributed by atoms with van der Waals surface area (Å²) in [6.07, 6.45) is 6.29. The van der Waals surface area contributed by atoms with E-state index in [1.54, 1.807) is 5.57 Å². The van der Waals surface area contributed by atoms with Crippen LogP contribution in [0.5, 0.6) is 0 Å². The highest BCUT2D eigenvalue weighted by Crippen LogP contribution is 2.31. The van der Waals surface area contributed by atoms with E-state index in [4.69, 9.17) is 5.73 Å². The Morgan fingerprint density at radius 1 is 1.55 bits per heavy atom. The lowest BCUT2D eigenvalue weighted by Crippen LogP contribution is -2.21. The van der Waals surface area contributed by atoms with Crippen LogP contribution >= 0.6 is 0 Å². The molecule has 2 N–H and O–H groups in total. The van der Waals surface area contributed by atoms with Crippen LogP contribution in [0.4, 0.5) is 0 Å². The Labute approximate surface area is 68.1 Å². The van der Waals surface area contributed by atoms with Crippen LogP contribution in [-0.4, -0.2) is 30.6 Å². The van der Waals surface area contributed by atoms with Gasteiger partial charge >= 0.3 is 0 Å². The summed E-state index contributed by atoms with van der Waals surface area (Å²) in [6, 6.07) is 0.929. The second kappa shape index (κ2) is 2.95. The lowest BCUT2D eigenvalue weighted by molar-refractivity contribution is 0.334. The van der Waals surface area contributed by atoms with Gasteiger partial charge in [-0.3, -0.25) is 4.90 Å². The molecule has 1 heterocycles. The molecule has 2 fully saturated rings. The van der Waals surface area contributed by atoms with E-state index < -0.39 is 0 Å². The van der Waals surface area contributed by atoms with E-state index in [0.717, 1.165) is 6.04 Å². The zero-order valence-corrected chi connectivity index (χ0v) is 6.92. The molecule has 0 spiro atoms. The van der Waals surface area contributed by atoms with Crippen LogP contribution < -0.4 is 5.73 Å². The maximum Gasteiger partial charge on any atom is 0.0196 e. The number of nitrogens with two attached hydrogens (primary N) is 1. The Bertz CT molecular complexity index is 170. The van der Waals surface area contributed by atoms with Gasteiger partial charge in [-0.2, -0.15) is 0 Å². The summed E-state index contributed by atoms with van der Waals surface area (Å²) >= 11 is 0. The van der Waals surface area contributed by atoms with Crippen LogP contribution in [0.3, 0.4) is 0 Å². The summed E-state index contributed by atoms with van der Waals surface area (Å²) in [6.45, 7) is 3.19. The van der Waals surface area contributed by atoms with E-state index in [1.165, 1.54) is 32.4 Å². The van der Waals surface area contributed by atoms with Crippen LogP contribution in [0, 0.1) is 0 Å². The molecule has 0 unspecified atom stereocenters. The molecule has 0 aromatic carbocycles. The van der Waals surface area contributed by atoms with Crippen molar-refractivity contribution in [1.29, 1.82) is 0 Å². The fraction of sp³-hybridized carbons (Fsp3) is 0.778. The minimum Gasteiger partial charge on any atom is -0.327 e. The average Bonchev–Trinajstić information content (AvgIpc) is 2.75. The fourth-order valence-corrected chi connectivity index (χ4v) is 1.79. The van der Waals surface area contributed by atoms with Gasteiger partial charge in [-0.05, 0) is 19.3 Å². The quantitative estimate of drug-likeness (QED) is 0.591. The molecule has 1 aliphatic heterocycles. The molecule has 1 saturated heterocycles. The maximum atomic E-state index is 5.45. The highest BCUT2D eigenvalue weighted by molar-refractivity contribution is 5.12. The molecule has 0 atom stereocenters. The summed E-state index contributed by atoms with van der Waals surface area (Å²) in [5.41, 5.74) is 7.01. The van der Waals surface area contributed by atoms with Crippen molar-refractivity contribution in [2.24, 2.45) is 5.73 Å². The van der Waals surface area contributed by atoms with Crippen molar-refractivity contribution in [1.82, 2.24) is 4.90 Å². The van der Waals surface area contributed by atoms with Gasteiger partial charge in [0.25, 0.3) is 0 Å². The normalized spacial score (nSPS) is 30.1. The smallest absolute Gasteiger partial charge is 0.0196 e. The van der Waals surface area contributed by atoms with Crippen molar-refractivity contribution in [3.05, 3.63) is 11.6 Å². The number of hydrogen-bond donors (Lipinski definition) is 1. The van der Waals surface area contributed by atoms with Gasteiger partial charge in [0.2, 0.25) is 0 Å². The number of nitrogens with zero attached hydrogens (tertiary/aromatic N) is 1. The summed E-state index contributed by atoms with van der Waals surface area (Å²) in [5, 5.41) is 0. The Hall–Kier alpha value is -0.340. The van der Waals surface area contributed by atoms with Crippen molar-refractivity contribution in [3.8, 4) is 0 Å². The van der Waals surface area contributed by atoms with Crippen LogP contribution in [0.2, 0.25) is 0 Å². The second-order valence-electron chi connectivity index (χ2n) is 3.55. The minimum atomic E-state index is 0.716. The van der Waals surface area contributed by atoms with E-state index in [0.29, 0.717) is 6.54 Å². The SMILES string of the molecule is NCC=C1CCN(C2CC2)C1. The summed E-state index contributed by atoms with van der Waals surface area (Å²) < 4.78 is 0. The molecule has 2 aliphatic rings. The van der Waals surface area contributed by atoms with Gasteiger partial charge in [0.15, 0.2) is 0 Å². The monoisotopic (exact) mass is 152 g/mol. The maximum absolute atomic E-state index is 5.45. The Kier molecular flexibility index (Phi) is 1.96. The molecule has 0 aromatic heterocycles. The van der Waals surface area contributed by atoms with E-state index in [2.05, 4.69) is 11.0 Å². The molecular formula is C9H16N2. The standard InChI is InChI=1S/C9H16N2/c10-5-3-8-4-6-11(7-8)9-1-2-9/h3,9H,1-2,4-7,10H2. The van der Waals surface area contributed by atoms with Gasteiger partial charge in [0.1, 0.15) is 0 Å². The largest absolute Gasteiger partial charge is 0.327 e. The predicted octanol–water partition coefficient (Wildman–Crippen LogP) is 0.740. The first kappa shape index (κ1) is 7.32. The minimum absolute atomic E-state index is 0.716. The third kappa shape index (κ3) is 1.63. The second-order valence-corrected chi connectivity index (χ2v) is 3.55. The van der Waals surface area contributed by atoms with Crippen molar-refractivity contribution < 1.29 is 0 Å². The van der Waals surface area contributed by atoms with E-state index in [9.17, 15) is 0 Å². The molecule has 0 bridgehead atoms. The lowest BCUT2D eigenvalue weighted by Gasteiger charge is -2.11. The summed E-state index contributed by atoms with van der Waals surface area (Å²) in [4.78, 5) is 2.58. The number of likely N-dealkylation sites (tertiary alicyclic amines) is 1. The van der Waals surface area contributed by atoms with E-state index in [1.807, 2.05) is 0 Å². The molecule has 11 heavy (non-hydrogen) atoms. The topological polar surface area (TPSA) is 29.3 Å². The van der Waals surface area contributed by atoms with Crippen LogP contribution in [0.25, 0.3) is 0 Å². The zero-order valence-electron chi connectivity index (χ0n) is 6.92. The Balaban J connectivity index is 1.87. The third-order valence-corrected chi connectivity index (χ3v) is 2.60. The molecule has 2 nitrogen and oxygen atoms in total. The molecule has 1 aliphatic carbocycles. The first-order valence-electron chi connectivity index (χ1n) is 4.52. The van der Waals surface area contributed by atoms with Gasteiger partial charge in [-0.1, -0.05) is 11.6 Å². The molecule has 62 valence electrons. The number of rotatable bonds is 2. The highest BCUT2D eigenvalue weighted by Gasteiger charge is 2.31. The molecular weight excluding hydrogens is 136 g/mol. The van der Waals surface area contributed by atoms with Crippen molar-refractivity contribution in [3.63, 3.8) is 0 Å². The van der Waals surface area contributed by atoms with Gasteiger partial charge in [0.05, 0.1) is 0 Å². The lowest BCUT2D eigenvalue weighted by atomic mass is 10.2. The fourth-order valence-electron chi connectivity index (χ4n) is 1.79. The van der Waals surface area contributed by atoms with Crippen LogP contribution in [-0.2, 0) is 0 Å². The average molecular weight is 152 g/mol. The zero-order chi connectivity index (χ0) is 7.68. The highest BCUT2D eigenvalue weighted by atomic mass is 15.2. The van der Waals surface area contributed by atoms with Crippen molar-refractivity contribution >= 4 is 0 Å². The molecule has 1 saturated carbocycles. The van der Waals surface area contributed by atoms with Crippen molar-refractivity contribution in [2.45, 2.75) is 25.3 Å². The first-order chi connectivity index (χ1) is 5.40.